The van der Waals surface area contributed by atoms with Crippen molar-refractivity contribution >= 4 is 35.2 Å². The molecule has 6 nitrogen and oxygen atoms in total. The molecule has 3 aromatic carbocycles. The van der Waals surface area contributed by atoms with Crippen molar-refractivity contribution in [1.29, 1.82) is 0 Å². The Morgan fingerprint density at radius 2 is 1.35 bits per heavy atom. The van der Waals surface area contributed by atoms with E-state index in [0.717, 1.165) is 22.3 Å². The van der Waals surface area contributed by atoms with E-state index in [4.69, 9.17) is 4.74 Å². The molecule has 0 spiro atoms. The molecule has 0 aromatic heterocycles. The highest BCUT2D eigenvalue weighted by atomic mass is 32.2. The Morgan fingerprint density at radius 1 is 0.865 bits per heavy atom. The zero-order chi connectivity index (χ0) is 25.7. The van der Waals surface area contributed by atoms with Crippen molar-refractivity contribution in [2.45, 2.75) is 24.3 Å². The normalized spacial score (nSPS) is 23.8. The summed E-state index contributed by atoms with van der Waals surface area (Å²) in [7, 11) is 1.58. The number of anilines is 1. The number of thioether (sulfide) groups is 1. The molecule has 0 radical (unpaired) electrons. The predicted molar refractivity (Wildman–Crippen MR) is 144 cm³/mol. The highest BCUT2D eigenvalue weighted by Crippen LogP contribution is 2.61. The summed E-state index contributed by atoms with van der Waals surface area (Å²) in [6.45, 7) is 0. The second-order valence-corrected chi connectivity index (χ2v) is 10.8. The van der Waals surface area contributed by atoms with Crippen LogP contribution in [0.1, 0.15) is 40.5 Å². The summed E-state index contributed by atoms with van der Waals surface area (Å²) in [5, 5.41) is 2.92. The Morgan fingerprint density at radius 3 is 1.78 bits per heavy atom. The molecule has 3 amide bonds. The fraction of sp³-hybridized carbons (Fsp3) is 0.300. The molecule has 37 heavy (non-hydrogen) atoms. The van der Waals surface area contributed by atoms with E-state index in [1.807, 2.05) is 30.5 Å². The van der Waals surface area contributed by atoms with Gasteiger partial charge in [0.15, 0.2) is 0 Å². The summed E-state index contributed by atoms with van der Waals surface area (Å²) in [6, 6.07) is 22.5. The maximum atomic E-state index is 14.1. The number of hydrogen-bond acceptors (Lipinski definition) is 5. The Kier molecular flexibility index (Phi) is 6.03. The molecule has 0 unspecified atom stereocenters. The van der Waals surface area contributed by atoms with Gasteiger partial charge < -0.3 is 10.1 Å². The van der Waals surface area contributed by atoms with Gasteiger partial charge in [0, 0.05) is 17.5 Å². The van der Waals surface area contributed by atoms with Crippen LogP contribution in [-0.4, -0.2) is 47.8 Å². The zero-order valence-corrected chi connectivity index (χ0v) is 21.5. The summed E-state index contributed by atoms with van der Waals surface area (Å²) in [5.74, 6) is -0.831. The highest BCUT2D eigenvalue weighted by Gasteiger charge is 2.62. The number of methoxy groups -OCH3 is 1. The molecule has 7 rings (SSSR count). The minimum atomic E-state index is -0.870. The molecule has 4 aliphatic rings. The average molecular weight is 513 g/mol. The number of rotatable bonds is 7. The summed E-state index contributed by atoms with van der Waals surface area (Å²) in [4.78, 5) is 43.1. The maximum Gasteiger partial charge on any atom is 0.247 e. The molecule has 1 saturated heterocycles. The number of carbonyl (C=O) groups is 3. The molecule has 188 valence electrons. The van der Waals surface area contributed by atoms with Crippen LogP contribution in [0.5, 0.6) is 5.75 Å². The minimum absolute atomic E-state index is 0.185. The van der Waals surface area contributed by atoms with Gasteiger partial charge in [0.1, 0.15) is 11.8 Å². The fourth-order valence-electron chi connectivity index (χ4n) is 6.51. The third-order valence-corrected chi connectivity index (χ3v) is 8.69. The van der Waals surface area contributed by atoms with Crippen LogP contribution in [0.4, 0.5) is 5.69 Å². The van der Waals surface area contributed by atoms with Crippen LogP contribution in [0.2, 0.25) is 0 Å². The molecule has 7 heteroatoms. The highest BCUT2D eigenvalue weighted by molar-refractivity contribution is 7.98. The van der Waals surface area contributed by atoms with Crippen LogP contribution in [0.3, 0.4) is 0 Å². The topological polar surface area (TPSA) is 75.7 Å². The average Bonchev–Trinajstić information content (AvgIpc) is 3.19. The zero-order valence-electron chi connectivity index (χ0n) is 20.7. The van der Waals surface area contributed by atoms with E-state index in [-0.39, 0.29) is 29.6 Å². The first-order valence-corrected chi connectivity index (χ1v) is 13.9. The lowest BCUT2D eigenvalue weighted by molar-refractivity contribution is -0.146. The molecular formula is C30H28N2O4S. The Hall–Kier alpha value is -3.58. The number of hydrogen-bond donors (Lipinski definition) is 1. The van der Waals surface area contributed by atoms with Gasteiger partial charge in [-0.15, -0.1) is 0 Å². The third-order valence-electron chi connectivity index (χ3n) is 8.05. The maximum absolute atomic E-state index is 14.1. The molecule has 1 heterocycles. The number of amides is 3. The standard InChI is InChI=1S/C30H28N2O4S/c1-36-18-13-11-17(12-14-18)31-28(33)23(15-16-37-2)32-29(34)26-24-19-7-3-4-8-20(19)25(27(26)30(32)35)22-10-6-5-9-21(22)24/h3-14,23-27H,15-16H2,1-2H3,(H,31,33)/t23-,24?,25?,26-,27-/m0/s1. The lowest BCUT2D eigenvalue weighted by atomic mass is 9.55. The van der Waals surface area contributed by atoms with E-state index in [1.165, 1.54) is 4.90 Å². The van der Waals surface area contributed by atoms with Crippen molar-refractivity contribution in [2.75, 3.05) is 24.4 Å². The first-order valence-electron chi connectivity index (χ1n) is 12.5. The van der Waals surface area contributed by atoms with Gasteiger partial charge in [-0.1, -0.05) is 48.5 Å². The minimum Gasteiger partial charge on any atom is -0.497 e. The number of nitrogens with zero attached hydrogens (tertiary/aromatic N) is 1. The SMILES string of the molecule is COc1ccc(NC(=O)[C@H](CCSC)N2C(=O)[C@H]3C4c5ccccc5C(c5ccccc54)[C@@H]3C2=O)cc1. The van der Waals surface area contributed by atoms with E-state index >= 15 is 0 Å². The molecule has 2 bridgehead atoms. The van der Waals surface area contributed by atoms with Gasteiger partial charge in [0.05, 0.1) is 18.9 Å². The summed E-state index contributed by atoms with van der Waals surface area (Å²) >= 11 is 1.59. The van der Waals surface area contributed by atoms with Crippen LogP contribution in [0.15, 0.2) is 72.8 Å². The smallest absolute Gasteiger partial charge is 0.247 e. The molecule has 0 saturated carbocycles. The molecule has 1 fully saturated rings. The summed E-state index contributed by atoms with van der Waals surface area (Å²) < 4.78 is 5.20. The molecule has 1 aliphatic heterocycles. The summed E-state index contributed by atoms with van der Waals surface area (Å²) in [6.07, 6.45) is 2.36. The van der Waals surface area contributed by atoms with E-state index in [2.05, 4.69) is 29.6 Å². The Bertz CT molecular complexity index is 1270. The van der Waals surface area contributed by atoms with Gasteiger partial charge >= 0.3 is 0 Å². The van der Waals surface area contributed by atoms with Crippen molar-refractivity contribution in [3.63, 3.8) is 0 Å². The van der Waals surface area contributed by atoms with Gasteiger partial charge in [-0.05, 0) is 64.9 Å². The number of carbonyl (C=O) groups excluding carboxylic acids is 3. The van der Waals surface area contributed by atoms with Crippen LogP contribution < -0.4 is 10.1 Å². The van der Waals surface area contributed by atoms with Crippen LogP contribution >= 0.6 is 11.8 Å². The quantitative estimate of drug-likeness (QED) is 0.467. The molecule has 3 aromatic rings. The molecule has 1 N–H and O–H groups in total. The third kappa shape index (κ3) is 3.67. The molecular weight excluding hydrogens is 484 g/mol. The monoisotopic (exact) mass is 512 g/mol. The second kappa shape index (κ2) is 9.38. The fourth-order valence-corrected chi connectivity index (χ4v) is 6.97. The first-order chi connectivity index (χ1) is 18.0. The van der Waals surface area contributed by atoms with Gasteiger partial charge in [-0.25, -0.2) is 0 Å². The second-order valence-electron chi connectivity index (χ2n) is 9.83. The van der Waals surface area contributed by atoms with Crippen molar-refractivity contribution < 1.29 is 19.1 Å². The predicted octanol–water partition coefficient (Wildman–Crippen LogP) is 4.65. The van der Waals surface area contributed by atoms with E-state index in [0.29, 0.717) is 23.6 Å². The number of nitrogens with one attached hydrogen (secondary N) is 1. The van der Waals surface area contributed by atoms with Gasteiger partial charge in [0.2, 0.25) is 17.7 Å². The van der Waals surface area contributed by atoms with Gasteiger partial charge in [-0.3, -0.25) is 19.3 Å². The van der Waals surface area contributed by atoms with E-state index in [9.17, 15) is 14.4 Å². The van der Waals surface area contributed by atoms with E-state index in [1.54, 1.807) is 43.1 Å². The Balaban J connectivity index is 1.37. The number of benzene rings is 3. The molecule has 3 aliphatic carbocycles. The number of imide groups is 1. The van der Waals surface area contributed by atoms with Crippen LogP contribution in [0, 0.1) is 11.8 Å². The largest absolute Gasteiger partial charge is 0.497 e. The van der Waals surface area contributed by atoms with Crippen molar-refractivity contribution in [3.05, 3.63) is 95.1 Å². The number of ether oxygens (including phenoxy) is 1. The van der Waals surface area contributed by atoms with Crippen molar-refractivity contribution in [1.82, 2.24) is 4.90 Å². The number of likely N-dealkylation sites (tertiary alicyclic amines) is 1. The summed E-state index contributed by atoms with van der Waals surface area (Å²) in [5.41, 5.74) is 5.09. The van der Waals surface area contributed by atoms with E-state index < -0.39 is 17.9 Å². The lowest BCUT2D eigenvalue weighted by Gasteiger charge is -2.45. The van der Waals surface area contributed by atoms with Gasteiger partial charge in [-0.2, -0.15) is 11.8 Å². The lowest BCUT2D eigenvalue weighted by Crippen LogP contribution is -2.48. The van der Waals surface area contributed by atoms with Crippen molar-refractivity contribution in [2.24, 2.45) is 11.8 Å². The van der Waals surface area contributed by atoms with Crippen molar-refractivity contribution in [3.8, 4) is 5.75 Å². The van der Waals surface area contributed by atoms with Gasteiger partial charge in [0.25, 0.3) is 0 Å². The Labute approximate surface area is 220 Å². The van der Waals surface area contributed by atoms with Crippen LogP contribution in [-0.2, 0) is 14.4 Å². The first kappa shape index (κ1) is 23.8. The van der Waals surface area contributed by atoms with Crippen LogP contribution in [0.25, 0.3) is 0 Å². The molecule has 3 atom stereocenters.